The zero-order valence-electron chi connectivity index (χ0n) is 33.0. The average molecular weight is 1030 g/mol. The van der Waals surface area contributed by atoms with Crippen molar-refractivity contribution < 1.29 is 9.59 Å². The maximum atomic E-state index is 13.0. The minimum absolute atomic E-state index is 0. The second-order valence-corrected chi connectivity index (χ2v) is 17.9. The Morgan fingerprint density at radius 2 is 1.05 bits per heavy atom. The van der Waals surface area contributed by atoms with E-state index in [1.165, 1.54) is 22.7 Å². The number of nitrogen functional groups attached to an aromatic ring is 2. The minimum atomic E-state index is -0.254. The van der Waals surface area contributed by atoms with Crippen LogP contribution < -0.4 is 42.5 Å². The Hall–Kier alpha value is -5.90. The lowest BCUT2D eigenvalue weighted by atomic mass is 10.2. The van der Waals surface area contributed by atoms with E-state index in [0.29, 0.717) is 33.3 Å². The van der Waals surface area contributed by atoms with Crippen LogP contribution in [0, 0.1) is 0 Å². The number of nitrogens with two attached hydrogens (primary N) is 2. The number of carbonyl (C=O) groups is 2. The summed E-state index contributed by atoms with van der Waals surface area (Å²) in [6.45, 7) is 7.30. The first-order valence-corrected chi connectivity index (χ1v) is 23.1. The Labute approximate surface area is 395 Å². The number of anilines is 6. The number of hydrogen-bond donors (Lipinski definition) is 6. The summed E-state index contributed by atoms with van der Waals surface area (Å²) in [5, 5.41) is 27.9. The molecule has 0 bridgehead atoms. The lowest BCUT2D eigenvalue weighted by molar-refractivity contribution is 0.101. The summed E-state index contributed by atoms with van der Waals surface area (Å²) in [6.07, 6.45) is 0. The molecular formula is C44H48Br2N14O2S2. The second kappa shape index (κ2) is 20.3. The summed E-state index contributed by atoms with van der Waals surface area (Å²) in [7, 11) is 0. The fraction of sp³-hybridized carbons (Fsp3) is 0.227. The molecule has 4 aromatic heterocycles. The maximum absolute atomic E-state index is 13.0. The Morgan fingerprint density at radius 3 is 1.58 bits per heavy atom. The number of nitrogens with zero attached hydrogens (tertiary/aromatic N) is 8. The van der Waals surface area contributed by atoms with Gasteiger partial charge < -0.3 is 42.5 Å². The van der Waals surface area contributed by atoms with Crippen LogP contribution in [0.1, 0.15) is 35.8 Å². The van der Waals surface area contributed by atoms with E-state index in [9.17, 15) is 9.59 Å². The largest absolute Gasteiger partial charge is 0.382 e. The van der Waals surface area contributed by atoms with Crippen molar-refractivity contribution in [2.75, 3.05) is 84.3 Å². The monoisotopic (exact) mass is 1030 g/mol. The minimum Gasteiger partial charge on any atom is -0.382 e. The highest BCUT2D eigenvalue weighted by molar-refractivity contribution is 9.10. The van der Waals surface area contributed by atoms with Gasteiger partial charge in [-0.25, -0.2) is 19.3 Å². The van der Waals surface area contributed by atoms with Crippen molar-refractivity contribution in [2.45, 2.75) is 14.9 Å². The molecule has 4 aromatic carbocycles. The van der Waals surface area contributed by atoms with Crippen LogP contribution in [0.2, 0.25) is 0 Å². The van der Waals surface area contributed by atoms with Gasteiger partial charge in [0.05, 0.1) is 33.8 Å². The second-order valence-electron chi connectivity index (χ2n) is 14.4. The van der Waals surface area contributed by atoms with Crippen LogP contribution in [0.5, 0.6) is 0 Å². The van der Waals surface area contributed by atoms with Crippen molar-refractivity contribution >= 4 is 123 Å². The smallest absolute Gasteiger partial charge is 0.275 e. The highest BCUT2D eigenvalue weighted by atomic mass is 79.9. The number of amides is 2. The Kier molecular flexibility index (Phi) is 14.6. The molecule has 0 unspecified atom stereocenters. The molecule has 6 heterocycles. The zero-order chi connectivity index (χ0) is 42.7. The number of benzene rings is 4. The van der Waals surface area contributed by atoms with E-state index in [1.54, 1.807) is 20.1 Å². The number of para-hydroxylation sites is 4. The third-order valence-corrected chi connectivity index (χ3v) is 13.0. The van der Waals surface area contributed by atoms with E-state index in [0.717, 1.165) is 106 Å². The molecule has 0 saturated carbocycles. The third kappa shape index (κ3) is 9.76. The van der Waals surface area contributed by atoms with Gasteiger partial charge in [0.2, 0.25) is 10.3 Å². The van der Waals surface area contributed by atoms with E-state index >= 15 is 0 Å². The molecule has 20 heteroatoms. The molecule has 0 atom stereocenters. The molecule has 0 spiro atoms. The highest BCUT2D eigenvalue weighted by Crippen LogP contribution is 2.32. The summed E-state index contributed by atoms with van der Waals surface area (Å²) < 4.78 is 5.19. The maximum Gasteiger partial charge on any atom is 0.275 e. The molecule has 10 rings (SSSR count). The van der Waals surface area contributed by atoms with Gasteiger partial charge in [0.25, 0.3) is 11.8 Å². The molecule has 2 fully saturated rings. The molecule has 8 N–H and O–H groups in total. The van der Waals surface area contributed by atoms with Crippen LogP contribution in [-0.4, -0.2) is 93.7 Å². The number of aromatic nitrogens is 6. The SMILES string of the molecule is C.C.Nc1nn(-c2nc(C(=O)Nc3ccccc3N3CCNCC3)cs2)c2cc(Br)ccc12.Nc1nn(-c2nc(C(=O)Nc3ccccc3N3CCNCC3)cs2)c2ccc(Br)cc12. The molecule has 8 aromatic rings. The normalized spacial score (nSPS) is 13.7. The first-order chi connectivity index (χ1) is 30.2. The van der Waals surface area contributed by atoms with Gasteiger partial charge in [0.15, 0.2) is 11.6 Å². The van der Waals surface area contributed by atoms with Gasteiger partial charge in [0, 0.05) is 82.8 Å². The Balaban J connectivity index is 0.000000186. The third-order valence-electron chi connectivity index (χ3n) is 10.4. The molecule has 2 aliphatic rings. The quantitative estimate of drug-likeness (QED) is 0.0853. The summed E-state index contributed by atoms with van der Waals surface area (Å²) in [5.74, 6) is 0.337. The molecule has 2 aliphatic heterocycles. The predicted octanol–water partition coefficient (Wildman–Crippen LogP) is 8.25. The first-order valence-electron chi connectivity index (χ1n) is 19.7. The standard InChI is InChI=1S/2C21H20BrN7OS.2CH4/c22-13-5-6-17-14(11-13)19(23)27-29(17)21-26-16(12-31-21)20(30)25-15-3-1-2-4-18(15)28-9-7-24-8-10-28;22-13-5-6-14-18(11-13)29(27-19(14)23)21-26-16(12-31-21)20(30)25-15-3-1-2-4-17(15)28-9-7-24-8-10-28;;/h2*1-6,11-12,24H,7-10H2,(H2,23,27)(H,25,30);2*1H4. The Morgan fingerprint density at radius 1 is 0.594 bits per heavy atom. The molecule has 64 heavy (non-hydrogen) atoms. The lowest BCUT2D eigenvalue weighted by Crippen LogP contribution is -2.43. The van der Waals surface area contributed by atoms with E-state index in [1.807, 2.05) is 84.9 Å². The number of carbonyl (C=O) groups excluding carboxylic acids is 2. The molecule has 0 aliphatic carbocycles. The summed E-state index contributed by atoms with van der Waals surface area (Å²) in [5.41, 5.74) is 18.1. The molecule has 2 saturated heterocycles. The van der Waals surface area contributed by atoms with Crippen LogP contribution in [0.15, 0.2) is 105 Å². The van der Waals surface area contributed by atoms with Crippen LogP contribution in [-0.2, 0) is 0 Å². The first kappa shape index (κ1) is 46.1. The van der Waals surface area contributed by atoms with Gasteiger partial charge in [-0.05, 0) is 60.7 Å². The van der Waals surface area contributed by atoms with Crippen molar-refractivity contribution in [1.82, 2.24) is 40.2 Å². The topological polar surface area (TPSA) is 202 Å². The molecule has 16 nitrogen and oxygen atoms in total. The van der Waals surface area contributed by atoms with Crippen molar-refractivity contribution in [1.29, 1.82) is 0 Å². The number of rotatable bonds is 8. The van der Waals surface area contributed by atoms with Gasteiger partial charge >= 0.3 is 0 Å². The fourth-order valence-electron chi connectivity index (χ4n) is 7.34. The van der Waals surface area contributed by atoms with E-state index in [4.69, 9.17) is 11.5 Å². The van der Waals surface area contributed by atoms with Gasteiger partial charge in [0.1, 0.15) is 11.4 Å². The van der Waals surface area contributed by atoms with E-state index < -0.39 is 0 Å². The van der Waals surface area contributed by atoms with Crippen molar-refractivity contribution in [3.05, 3.63) is 116 Å². The molecule has 0 radical (unpaired) electrons. The van der Waals surface area contributed by atoms with Crippen LogP contribution >= 0.6 is 54.5 Å². The van der Waals surface area contributed by atoms with Crippen molar-refractivity contribution in [3.8, 4) is 10.3 Å². The van der Waals surface area contributed by atoms with Gasteiger partial charge in [-0.15, -0.1) is 32.9 Å². The summed E-state index contributed by atoms with van der Waals surface area (Å²) in [6, 6.07) is 27.2. The van der Waals surface area contributed by atoms with Crippen LogP contribution in [0.4, 0.5) is 34.4 Å². The summed E-state index contributed by atoms with van der Waals surface area (Å²) in [4.78, 5) is 39.5. The Bertz CT molecular complexity index is 2920. The molecule has 332 valence electrons. The van der Waals surface area contributed by atoms with Crippen molar-refractivity contribution in [2.24, 2.45) is 0 Å². The van der Waals surface area contributed by atoms with Crippen molar-refractivity contribution in [3.63, 3.8) is 0 Å². The number of hydrogen-bond acceptors (Lipinski definition) is 14. The molecule has 2 amide bonds. The highest BCUT2D eigenvalue weighted by Gasteiger charge is 2.21. The number of nitrogens with one attached hydrogen (secondary N) is 4. The number of thiazole rings is 2. The van der Waals surface area contributed by atoms with Crippen LogP contribution in [0.25, 0.3) is 32.1 Å². The van der Waals surface area contributed by atoms with Gasteiger partial charge in [-0.3, -0.25) is 9.59 Å². The predicted molar refractivity (Wildman–Crippen MR) is 270 cm³/mol. The average Bonchev–Trinajstić information content (AvgIpc) is 4.11. The lowest BCUT2D eigenvalue weighted by Gasteiger charge is -2.31. The van der Waals surface area contributed by atoms with Gasteiger partial charge in [-0.1, -0.05) is 71.0 Å². The van der Waals surface area contributed by atoms with Gasteiger partial charge in [-0.2, -0.15) is 0 Å². The summed E-state index contributed by atoms with van der Waals surface area (Å²) >= 11 is 9.63. The zero-order valence-corrected chi connectivity index (χ0v) is 37.8. The number of fused-ring (bicyclic) bond motifs is 2. The van der Waals surface area contributed by atoms with E-state index in [2.05, 4.69) is 83.1 Å². The number of halogens is 2. The van der Waals surface area contributed by atoms with Crippen LogP contribution in [0.3, 0.4) is 0 Å². The number of piperazine rings is 2. The molecular weight excluding hydrogens is 981 g/mol. The van der Waals surface area contributed by atoms with E-state index in [-0.39, 0.29) is 26.7 Å². The fourth-order valence-corrected chi connectivity index (χ4v) is 9.59.